The molecule has 0 aliphatic heterocycles. The number of aliphatic carboxylic acids is 1. The van der Waals surface area contributed by atoms with E-state index in [1.54, 1.807) is 6.92 Å². The van der Waals surface area contributed by atoms with Crippen LogP contribution in [0.25, 0.3) is 0 Å². The fourth-order valence-corrected chi connectivity index (χ4v) is 2.09. The van der Waals surface area contributed by atoms with Crippen LogP contribution in [0.5, 0.6) is 0 Å². The molecule has 0 bridgehead atoms. The van der Waals surface area contributed by atoms with Gasteiger partial charge in [0, 0.05) is 11.9 Å². The number of aryl methyl sites for hydroxylation is 1. The largest absolute Gasteiger partial charge is 0.481 e. The second kappa shape index (κ2) is 7.10. The summed E-state index contributed by atoms with van der Waals surface area (Å²) in [5, 5.41) is 14.3. The molecule has 0 aliphatic carbocycles. The number of nitrogens with one attached hydrogen (secondary N) is 1. The number of thiazole rings is 1. The summed E-state index contributed by atoms with van der Waals surface area (Å²) in [5.74, 6) is -1.22. The Balaban J connectivity index is 2.16. The predicted molar refractivity (Wildman–Crippen MR) is 69.6 cm³/mol. The number of hydrogen-bond donors (Lipinski definition) is 2. The van der Waals surface area contributed by atoms with Crippen molar-refractivity contribution >= 4 is 23.2 Å². The molecule has 0 aliphatic rings. The maximum absolute atomic E-state index is 11.5. The first-order valence-corrected chi connectivity index (χ1v) is 6.77. The van der Waals surface area contributed by atoms with Crippen LogP contribution >= 0.6 is 11.3 Å². The lowest BCUT2D eigenvalue weighted by molar-refractivity contribution is -0.141. The molecule has 0 saturated heterocycles. The molecular weight excluding hydrogens is 252 g/mol. The number of aromatic nitrogens is 1. The van der Waals surface area contributed by atoms with E-state index in [-0.39, 0.29) is 11.8 Å². The van der Waals surface area contributed by atoms with Crippen molar-refractivity contribution < 1.29 is 14.7 Å². The molecule has 6 heteroatoms. The molecule has 100 valence electrons. The average molecular weight is 270 g/mol. The molecule has 5 nitrogen and oxygen atoms in total. The van der Waals surface area contributed by atoms with Gasteiger partial charge in [-0.05, 0) is 19.8 Å². The van der Waals surface area contributed by atoms with Crippen LogP contribution in [0.15, 0.2) is 5.38 Å². The highest BCUT2D eigenvalue weighted by molar-refractivity contribution is 7.09. The van der Waals surface area contributed by atoms with Crippen LogP contribution in [0.4, 0.5) is 0 Å². The average Bonchev–Trinajstić information content (AvgIpc) is 2.69. The van der Waals surface area contributed by atoms with Crippen molar-refractivity contribution in [3.8, 4) is 0 Å². The Bertz CT molecular complexity index is 417. The van der Waals surface area contributed by atoms with Crippen LogP contribution in [0, 0.1) is 12.8 Å². The van der Waals surface area contributed by atoms with Crippen molar-refractivity contribution in [3.05, 3.63) is 16.1 Å². The zero-order valence-corrected chi connectivity index (χ0v) is 11.4. The molecule has 1 amide bonds. The third-order valence-electron chi connectivity index (χ3n) is 2.57. The second-order valence-electron chi connectivity index (χ2n) is 4.27. The van der Waals surface area contributed by atoms with Crippen molar-refractivity contribution in [2.45, 2.75) is 33.1 Å². The van der Waals surface area contributed by atoms with Gasteiger partial charge in [-0.25, -0.2) is 4.98 Å². The van der Waals surface area contributed by atoms with Gasteiger partial charge in [-0.1, -0.05) is 6.92 Å². The summed E-state index contributed by atoms with van der Waals surface area (Å²) in [7, 11) is 0. The highest BCUT2D eigenvalue weighted by Crippen LogP contribution is 2.08. The minimum absolute atomic E-state index is 0.0664. The van der Waals surface area contributed by atoms with E-state index in [9.17, 15) is 9.59 Å². The number of carboxylic acid groups (broad SMARTS) is 1. The van der Waals surface area contributed by atoms with Crippen LogP contribution in [-0.4, -0.2) is 28.5 Å². The van der Waals surface area contributed by atoms with Crippen molar-refractivity contribution in [1.29, 1.82) is 0 Å². The van der Waals surface area contributed by atoms with Gasteiger partial charge in [0.2, 0.25) is 5.91 Å². The molecule has 0 aromatic carbocycles. The van der Waals surface area contributed by atoms with E-state index in [1.165, 1.54) is 11.3 Å². The van der Waals surface area contributed by atoms with E-state index in [4.69, 9.17) is 5.11 Å². The topological polar surface area (TPSA) is 79.3 Å². The molecule has 1 unspecified atom stereocenters. The van der Waals surface area contributed by atoms with Gasteiger partial charge in [-0.2, -0.15) is 0 Å². The molecule has 1 aromatic heterocycles. The molecule has 2 N–H and O–H groups in total. The standard InChI is InChI=1S/C12H18N2O3S/c1-8(12(16)17)4-3-5-13-11(15)6-10-7-18-9(2)14-10/h7-8H,3-6H2,1-2H3,(H,13,15)(H,16,17). The number of rotatable bonds is 7. The van der Waals surface area contributed by atoms with Gasteiger partial charge in [0.1, 0.15) is 0 Å². The fraction of sp³-hybridized carbons (Fsp3) is 0.583. The first-order chi connectivity index (χ1) is 8.49. The van der Waals surface area contributed by atoms with E-state index < -0.39 is 5.97 Å². The summed E-state index contributed by atoms with van der Waals surface area (Å²) >= 11 is 1.53. The molecule has 1 aromatic rings. The summed E-state index contributed by atoms with van der Waals surface area (Å²) < 4.78 is 0. The molecule has 1 heterocycles. The lowest BCUT2D eigenvalue weighted by atomic mass is 10.1. The summed E-state index contributed by atoms with van der Waals surface area (Å²) in [4.78, 5) is 26.3. The van der Waals surface area contributed by atoms with Crippen LogP contribution in [0.2, 0.25) is 0 Å². The minimum Gasteiger partial charge on any atom is -0.481 e. The molecule has 18 heavy (non-hydrogen) atoms. The molecule has 0 spiro atoms. The zero-order valence-electron chi connectivity index (χ0n) is 10.6. The number of hydrogen-bond acceptors (Lipinski definition) is 4. The molecule has 0 fully saturated rings. The van der Waals surface area contributed by atoms with E-state index in [2.05, 4.69) is 10.3 Å². The van der Waals surface area contributed by atoms with Gasteiger partial charge in [0.15, 0.2) is 0 Å². The van der Waals surface area contributed by atoms with E-state index in [1.807, 2.05) is 12.3 Å². The quantitative estimate of drug-likeness (QED) is 0.738. The summed E-state index contributed by atoms with van der Waals surface area (Å²) in [6.07, 6.45) is 1.54. The van der Waals surface area contributed by atoms with Crippen molar-refractivity contribution in [2.24, 2.45) is 5.92 Å². The van der Waals surface area contributed by atoms with Gasteiger partial charge in [0.05, 0.1) is 23.0 Å². The molecule has 1 atom stereocenters. The highest BCUT2D eigenvalue weighted by atomic mass is 32.1. The van der Waals surface area contributed by atoms with E-state index in [0.29, 0.717) is 25.8 Å². The Morgan fingerprint density at radius 1 is 1.56 bits per heavy atom. The molecule has 0 radical (unpaired) electrons. The fourth-order valence-electron chi connectivity index (χ4n) is 1.48. The van der Waals surface area contributed by atoms with Crippen LogP contribution in [0.3, 0.4) is 0 Å². The Hall–Kier alpha value is -1.43. The Labute approximate surface area is 110 Å². The van der Waals surface area contributed by atoms with Crippen molar-refractivity contribution in [2.75, 3.05) is 6.54 Å². The first-order valence-electron chi connectivity index (χ1n) is 5.89. The minimum atomic E-state index is -0.792. The van der Waals surface area contributed by atoms with Gasteiger partial charge >= 0.3 is 5.97 Å². The Morgan fingerprint density at radius 2 is 2.28 bits per heavy atom. The Morgan fingerprint density at radius 3 is 2.83 bits per heavy atom. The summed E-state index contributed by atoms with van der Waals surface area (Å²) in [5.41, 5.74) is 0.786. The van der Waals surface area contributed by atoms with Crippen molar-refractivity contribution in [1.82, 2.24) is 10.3 Å². The monoisotopic (exact) mass is 270 g/mol. The maximum Gasteiger partial charge on any atom is 0.306 e. The third kappa shape index (κ3) is 5.27. The van der Waals surface area contributed by atoms with Crippen LogP contribution < -0.4 is 5.32 Å². The number of amides is 1. The second-order valence-corrected chi connectivity index (χ2v) is 5.33. The van der Waals surface area contributed by atoms with Gasteiger partial charge in [-0.15, -0.1) is 11.3 Å². The summed E-state index contributed by atoms with van der Waals surface area (Å²) in [6, 6.07) is 0. The zero-order chi connectivity index (χ0) is 13.5. The number of carbonyl (C=O) groups is 2. The van der Waals surface area contributed by atoms with Gasteiger partial charge < -0.3 is 10.4 Å². The SMILES string of the molecule is Cc1nc(CC(=O)NCCCC(C)C(=O)O)cs1. The third-order valence-corrected chi connectivity index (χ3v) is 3.39. The smallest absolute Gasteiger partial charge is 0.306 e. The van der Waals surface area contributed by atoms with Crippen LogP contribution in [-0.2, 0) is 16.0 Å². The molecule has 0 saturated carbocycles. The number of nitrogens with zero attached hydrogens (tertiary/aromatic N) is 1. The lowest BCUT2D eigenvalue weighted by Crippen LogP contribution is -2.26. The van der Waals surface area contributed by atoms with E-state index in [0.717, 1.165) is 10.7 Å². The first kappa shape index (κ1) is 14.6. The normalized spacial score (nSPS) is 12.1. The number of carboxylic acids is 1. The number of carbonyl (C=O) groups excluding carboxylic acids is 1. The predicted octanol–water partition coefficient (Wildman–Crippen LogP) is 1.61. The van der Waals surface area contributed by atoms with E-state index >= 15 is 0 Å². The maximum atomic E-state index is 11.5. The van der Waals surface area contributed by atoms with Gasteiger partial charge in [0.25, 0.3) is 0 Å². The van der Waals surface area contributed by atoms with Crippen LogP contribution in [0.1, 0.15) is 30.5 Å². The highest BCUT2D eigenvalue weighted by Gasteiger charge is 2.10. The molecule has 1 rings (SSSR count). The summed E-state index contributed by atoms with van der Waals surface area (Å²) in [6.45, 7) is 4.08. The van der Waals surface area contributed by atoms with Crippen molar-refractivity contribution in [3.63, 3.8) is 0 Å². The van der Waals surface area contributed by atoms with Gasteiger partial charge in [-0.3, -0.25) is 9.59 Å². The lowest BCUT2D eigenvalue weighted by Gasteiger charge is -2.06. The Kier molecular flexibility index (Phi) is 5.77. The molecular formula is C12H18N2O3S.